The number of benzene rings is 1. The van der Waals surface area contributed by atoms with Crippen LogP contribution >= 0.6 is 0 Å². The van der Waals surface area contributed by atoms with E-state index in [9.17, 15) is 4.79 Å². The van der Waals surface area contributed by atoms with Crippen LogP contribution in [0.25, 0.3) is 11.0 Å². The lowest BCUT2D eigenvalue weighted by Crippen LogP contribution is -2.19. The van der Waals surface area contributed by atoms with Gasteiger partial charge in [-0.2, -0.15) is 0 Å². The number of hydrogen-bond donors (Lipinski definition) is 3. The molecule has 4 N–H and O–H groups in total. The van der Waals surface area contributed by atoms with Crippen molar-refractivity contribution in [1.82, 2.24) is 25.0 Å². The Bertz CT molecular complexity index is 729. The molecule has 19 heavy (non-hydrogen) atoms. The molecule has 0 aliphatic carbocycles. The van der Waals surface area contributed by atoms with Crippen LogP contribution < -0.4 is 11.1 Å². The first-order valence-electron chi connectivity index (χ1n) is 5.59. The van der Waals surface area contributed by atoms with E-state index in [4.69, 9.17) is 5.73 Å². The van der Waals surface area contributed by atoms with Gasteiger partial charge in [-0.1, -0.05) is 5.21 Å². The maximum absolute atomic E-state index is 11.8. The number of carbonyl (C=O) groups excluding carboxylic acids is 1. The van der Waals surface area contributed by atoms with Crippen molar-refractivity contribution in [2.45, 2.75) is 6.54 Å². The van der Waals surface area contributed by atoms with Crippen LogP contribution in [0.1, 0.15) is 0 Å². The van der Waals surface area contributed by atoms with Crippen molar-refractivity contribution in [3.63, 3.8) is 0 Å². The van der Waals surface area contributed by atoms with Crippen molar-refractivity contribution in [2.24, 2.45) is 0 Å². The predicted molar refractivity (Wildman–Crippen MR) is 69.2 cm³/mol. The topological polar surface area (TPSA) is 115 Å². The lowest BCUT2D eigenvalue weighted by atomic mass is 10.3. The number of carbonyl (C=O) groups is 1. The molecule has 0 saturated heterocycles. The van der Waals surface area contributed by atoms with E-state index in [2.05, 4.69) is 25.6 Å². The van der Waals surface area contributed by atoms with Gasteiger partial charge in [0.25, 0.3) is 0 Å². The van der Waals surface area contributed by atoms with Crippen LogP contribution in [0.2, 0.25) is 0 Å². The van der Waals surface area contributed by atoms with Crippen molar-refractivity contribution in [3.8, 4) is 0 Å². The summed E-state index contributed by atoms with van der Waals surface area (Å²) in [5.41, 5.74) is 7.82. The molecule has 0 bridgehead atoms. The van der Waals surface area contributed by atoms with E-state index >= 15 is 0 Å². The number of fused-ring (bicyclic) bond motifs is 1. The van der Waals surface area contributed by atoms with E-state index in [-0.39, 0.29) is 18.3 Å². The molecule has 8 nitrogen and oxygen atoms in total. The molecule has 0 radical (unpaired) electrons. The quantitative estimate of drug-likeness (QED) is 0.627. The summed E-state index contributed by atoms with van der Waals surface area (Å²) in [5, 5.41) is 10.1. The van der Waals surface area contributed by atoms with Gasteiger partial charge in [-0.3, -0.25) is 4.79 Å². The Morgan fingerprint density at radius 1 is 1.47 bits per heavy atom. The molecule has 1 amide bonds. The SMILES string of the molecule is Nc1cn(CC(=O)Nc2ccc3nc[nH]c3c2)nn1. The smallest absolute Gasteiger partial charge is 0.246 e. The fourth-order valence-electron chi connectivity index (χ4n) is 1.75. The van der Waals surface area contributed by atoms with Gasteiger partial charge in [0, 0.05) is 5.69 Å². The summed E-state index contributed by atoms with van der Waals surface area (Å²) in [6.45, 7) is 0.0607. The van der Waals surface area contributed by atoms with E-state index < -0.39 is 0 Å². The first-order valence-corrected chi connectivity index (χ1v) is 5.59. The normalized spacial score (nSPS) is 10.7. The minimum atomic E-state index is -0.205. The molecule has 0 spiro atoms. The van der Waals surface area contributed by atoms with Crippen LogP contribution in [0, 0.1) is 0 Å². The minimum absolute atomic E-state index is 0.0607. The highest BCUT2D eigenvalue weighted by Gasteiger charge is 2.06. The van der Waals surface area contributed by atoms with Gasteiger partial charge in [-0.05, 0) is 18.2 Å². The van der Waals surface area contributed by atoms with E-state index in [0.717, 1.165) is 11.0 Å². The van der Waals surface area contributed by atoms with Gasteiger partial charge < -0.3 is 16.0 Å². The molecule has 3 aromatic rings. The Balaban J connectivity index is 1.71. The van der Waals surface area contributed by atoms with Crippen LogP contribution in [0.15, 0.2) is 30.7 Å². The summed E-state index contributed by atoms with van der Waals surface area (Å²) in [6, 6.07) is 5.43. The zero-order valence-electron chi connectivity index (χ0n) is 9.87. The molecule has 0 aliphatic rings. The summed E-state index contributed by atoms with van der Waals surface area (Å²) in [5.74, 6) is 0.0791. The molecule has 2 heterocycles. The van der Waals surface area contributed by atoms with E-state index in [0.29, 0.717) is 5.69 Å². The highest BCUT2D eigenvalue weighted by molar-refractivity contribution is 5.92. The molecule has 3 rings (SSSR count). The van der Waals surface area contributed by atoms with Gasteiger partial charge >= 0.3 is 0 Å². The fourth-order valence-corrected chi connectivity index (χ4v) is 1.75. The van der Waals surface area contributed by atoms with Crippen molar-refractivity contribution >= 4 is 28.4 Å². The molecule has 0 saturated carbocycles. The Labute approximate surface area is 107 Å². The number of aromatic amines is 1. The third-order valence-electron chi connectivity index (χ3n) is 2.57. The number of nitrogens with two attached hydrogens (primary N) is 1. The average Bonchev–Trinajstić information content (AvgIpc) is 2.97. The first kappa shape index (κ1) is 11.2. The molecule has 8 heteroatoms. The number of imidazole rings is 1. The summed E-state index contributed by atoms with van der Waals surface area (Å²) in [4.78, 5) is 18.9. The van der Waals surface area contributed by atoms with Gasteiger partial charge in [-0.15, -0.1) is 5.10 Å². The number of aromatic nitrogens is 5. The van der Waals surface area contributed by atoms with Crippen molar-refractivity contribution in [2.75, 3.05) is 11.1 Å². The Hall–Kier alpha value is -2.90. The van der Waals surface area contributed by atoms with E-state index in [1.165, 1.54) is 10.9 Å². The summed E-state index contributed by atoms with van der Waals surface area (Å²) >= 11 is 0. The number of nitrogen functional groups attached to an aromatic ring is 1. The second kappa shape index (κ2) is 4.41. The average molecular weight is 257 g/mol. The van der Waals surface area contributed by atoms with Gasteiger partial charge in [0.05, 0.1) is 23.6 Å². The highest BCUT2D eigenvalue weighted by atomic mass is 16.2. The molecule has 1 aromatic carbocycles. The van der Waals surface area contributed by atoms with Crippen LogP contribution in [0.3, 0.4) is 0 Å². The second-order valence-corrected chi connectivity index (χ2v) is 4.02. The van der Waals surface area contributed by atoms with E-state index in [1.807, 2.05) is 12.1 Å². The molecule has 0 atom stereocenters. The fraction of sp³-hybridized carbons (Fsp3) is 0.0909. The maximum Gasteiger partial charge on any atom is 0.246 e. The minimum Gasteiger partial charge on any atom is -0.381 e. The van der Waals surface area contributed by atoms with Crippen LogP contribution in [0.4, 0.5) is 11.5 Å². The van der Waals surface area contributed by atoms with E-state index in [1.54, 1.807) is 12.4 Å². The lowest BCUT2D eigenvalue weighted by molar-refractivity contribution is -0.116. The van der Waals surface area contributed by atoms with Crippen molar-refractivity contribution in [3.05, 3.63) is 30.7 Å². The molecular formula is C11H11N7O. The van der Waals surface area contributed by atoms with Crippen molar-refractivity contribution < 1.29 is 4.79 Å². The number of amides is 1. The predicted octanol–water partition coefficient (Wildman–Crippen LogP) is 0.375. The van der Waals surface area contributed by atoms with Gasteiger partial charge in [0.1, 0.15) is 6.54 Å². The molecule has 2 aromatic heterocycles. The summed E-state index contributed by atoms with van der Waals surface area (Å²) in [7, 11) is 0. The Kier molecular flexibility index (Phi) is 2.60. The highest BCUT2D eigenvalue weighted by Crippen LogP contribution is 2.15. The molecule has 96 valence electrons. The zero-order valence-corrected chi connectivity index (χ0v) is 9.87. The summed E-state index contributed by atoms with van der Waals surface area (Å²) in [6.07, 6.45) is 3.10. The number of H-pyrrole nitrogens is 1. The lowest BCUT2D eigenvalue weighted by Gasteiger charge is -2.04. The number of hydrogen-bond acceptors (Lipinski definition) is 5. The third kappa shape index (κ3) is 2.37. The molecule has 0 fully saturated rings. The summed E-state index contributed by atoms with van der Waals surface area (Å²) < 4.78 is 1.37. The first-order chi connectivity index (χ1) is 9.20. The number of nitrogens with zero attached hydrogens (tertiary/aromatic N) is 4. The van der Waals surface area contributed by atoms with Crippen LogP contribution in [-0.2, 0) is 11.3 Å². The van der Waals surface area contributed by atoms with Crippen molar-refractivity contribution in [1.29, 1.82) is 0 Å². The van der Waals surface area contributed by atoms with Crippen LogP contribution in [0.5, 0.6) is 0 Å². The van der Waals surface area contributed by atoms with Gasteiger partial charge in [0.2, 0.25) is 5.91 Å². The number of anilines is 2. The Morgan fingerprint density at radius 3 is 3.16 bits per heavy atom. The number of nitrogens with one attached hydrogen (secondary N) is 2. The van der Waals surface area contributed by atoms with Gasteiger partial charge in [0.15, 0.2) is 5.82 Å². The largest absolute Gasteiger partial charge is 0.381 e. The van der Waals surface area contributed by atoms with Gasteiger partial charge in [-0.25, -0.2) is 9.67 Å². The third-order valence-corrected chi connectivity index (χ3v) is 2.57. The standard InChI is InChI=1S/C11H11N7O/c12-10-4-18(17-16-10)5-11(19)15-7-1-2-8-9(3-7)14-6-13-8/h1-4,6H,5,12H2,(H,13,14)(H,15,19). The molecular weight excluding hydrogens is 246 g/mol. The monoisotopic (exact) mass is 257 g/mol. The van der Waals surface area contributed by atoms with Crippen LogP contribution in [-0.4, -0.2) is 30.9 Å². The maximum atomic E-state index is 11.8. The zero-order chi connectivity index (χ0) is 13.2. The second-order valence-electron chi connectivity index (χ2n) is 4.02. The molecule has 0 aliphatic heterocycles. The number of rotatable bonds is 3. The molecule has 0 unspecified atom stereocenters. The Morgan fingerprint density at radius 2 is 2.37 bits per heavy atom.